The van der Waals surface area contributed by atoms with Crippen molar-refractivity contribution in [2.24, 2.45) is 0 Å². The number of hydrogen-bond acceptors (Lipinski definition) is 8. The SMILES string of the molecule is COC(=O)c1nc(NCCC2=COC(C)(C)O2)sc1CCCOc1ccc(I)cc1F. The Kier molecular flexibility index (Phi) is 7.98. The zero-order valence-corrected chi connectivity index (χ0v) is 20.5. The first kappa shape index (κ1) is 23.6. The fraction of sp³-hybridized carbons (Fsp3) is 0.429. The van der Waals surface area contributed by atoms with Crippen LogP contribution in [0.15, 0.2) is 30.2 Å². The second-order valence-electron chi connectivity index (χ2n) is 7.19. The average molecular weight is 562 g/mol. The molecule has 1 aromatic heterocycles. The van der Waals surface area contributed by atoms with Crippen LogP contribution in [0.1, 0.15) is 42.1 Å². The molecule has 3 rings (SSSR count). The minimum absolute atomic E-state index is 0.218. The lowest BCUT2D eigenvalue weighted by Crippen LogP contribution is -2.20. The van der Waals surface area contributed by atoms with Gasteiger partial charge in [-0.3, -0.25) is 0 Å². The fourth-order valence-corrected chi connectivity index (χ4v) is 4.30. The van der Waals surface area contributed by atoms with E-state index in [9.17, 15) is 9.18 Å². The maximum absolute atomic E-state index is 13.9. The van der Waals surface area contributed by atoms with E-state index in [0.717, 1.165) is 14.2 Å². The molecule has 2 heterocycles. The number of thiazole rings is 1. The van der Waals surface area contributed by atoms with Gasteiger partial charge < -0.3 is 24.3 Å². The first-order chi connectivity index (χ1) is 14.8. The predicted octanol–water partition coefficient (Wildman–Crippen LogP) is 5.11. The molecule has 2 aromatic rings. The summed E-state index contributed by atoms with van der Waals surface area (Å²) in [6.45, 7) is 4.58. The molecular formula is C21H24FIN2O5S. The number of halogens is 2. The molecule has 1 aliphatic heterocycles. The molecule has 10 heteroatoms. The minimum atomic E-state index is -0.634. The second kappa shape index (κ2) is 10.5. The number of hydrogen-bond donors (Lipinski definition) is 1. The zero-order valence-electron chi connectivity index (χ0n) is 17.5. The van der Waals surface area contributed by atoms with Gasteiger partial charge in [0.15, 0.2) is 22.4 Å². The number of ether oxygens (including phenoxy) is 4. The van der Waals surface area contributed by atoms with Gasteiger partial charge in [0.25, 0.3) is 0 Å². The molecule has 0 fully saturated rings. The summed E-state index contributed by atoms with van der Waals surface area (Å²) in [4.78, 5) is 17.3. The van der Waals surface area contributed by atoms with E-state index in [1.807, 2.05) is 36.4 Å². The molecule has 168 valence electrons. The molecular weight excluding hydrogens is 538 g/mol. The number of nitrogens with zero attached hydrogens (tertiary/aromatic N) is 1. The number of esters is 1. The van der Waals surface area contributed by atoms with Gasteiger partial charge in [0.1, 0.15) is 12.0 Å². The Morgan fingerprint density at radius 2 is 2.16 bits per heavy atom. The molecule has 0 aliphatic carbocycles. The fourth-order valence-electron chi connectivity index (χ4n) is 2.83. The van der Waals surface area contributed by atoms with Crippen LogP contribution in [0.5, 0.6) is 5.75 Å². The highest BCUT2D eigenvalue weighted by atomic mass is 127. The third-order valence-corrected chi connectivity index (χ3v) is 6.02. The van der Waals surface area contributed by atoms with Crippen molar-refractivity contribution in [1.82, 2.24) is 4.98 Å². The van der Waals surface area contributed by atoms with Crippen molar-refractivity contribution < 1.29 is 28.1 Å². The van der Waals surface area contributed by atoms with Crippen LogP contribution in [0, 0.1) is 9.39 Å². The summed E-state index contributed by atoms with van der Waals surface area (Å²) >= 11 is 3.44. The van der Waals surface area contributed by atoms with Gasteiger partial charge in [0.2, 0.25) is 5.79 Å². The minimum Gasteiger partial charge on any atom is -0.491 e. The highest BCUT2D eigenvalue weighted by Crippen LogP contribution is 2.28. The van der Waals surface area contributed by atoms with Gasteiger partial charge in [-0.1, -0.05) is 0 Å². The van der Waals surface area contributed by atoms with E-state index in [2.05, 4.69) is 10.3 Å². The summed E-state index contributed by atoms with van der Waals surface area (Å²) in [6.07, 6.45) is 3.41. The van der Waals surface area contributed by atoms with E-state index < -0.39 is 11.8 Å². The molecule has 0 amide bonds. The summed E-state index contributed by atoms with van der Waals surface area (Å²) in [5, 5.41) is 3.83. The highest BCUT2D eigenvalue weighted by molar-refractivity contribution is 14.1. The van der Waals surface area contributed by atoms with E-state index >= 15 is 0 Å². The zero-order chi connectivity index (χ0) is 22.4. The standard InChI is InChI=1S/C21H24FIN2O5S/c1-21(2)29-12-14(30-21)8-9-24-20-25-18(19(26)27-3)17(31-20)5-4-10-28-16-7-6-13(23)11-15(16)22/h6-7,11-12H,4-5,8-10H2,1-3H3,(H,24,25). The van der Waals surface area contributed by atoms with Crippen molar-refractivity contribution in [1.29, 1.82) is 0 Å². The predicted molar refractivity (Wildman–Crippen MR) is 124 cm³/mol. The number of aryl methyl sites for hydroxylation is 1. The third kappa shape index (κ3) is 6.70. The lowest BCUT2D eigenvalue weighted by atomic mass is 10.2. The number of aromatic nitrogens is 1. The Bertz CT molecular complexity index is 963. The monoisotopic (exact) mass is 562 g/mol. The van der Waals surface area contributed by atoms with Crippen molar-refractivity contribution >= 4 is 45.0 Å². The van der Waals surface area contributed by atoms with Crippen molar-refractivity contribution in [2.75, 3.05) is 25.6 Å². The molecule has 1 aliphatic rings. The number of benzene rings is 1. The van der Waals surface area contributed by atoms with Crippen molar-refractivity contribution in [3.05, 3.63) is 50.2 Å². The van der Waals surface area contributed by atoms with Crippen LogP contribution in [0.4, 0.5) is 9.52 Å². The molecule has 0 saturated heterocycles. The van der Waals surface area contributed by atoms with Crippen LogP contribution >= 0.6 is 33.9 Å². The maximum Gasteiger partial charge on any atom is 0.357 e. The van der Waals surface area contributed by atoms with E-state index in [-0.39, 0.29) is 17.3 Å². The van der Waals surface area contributed by atoms with Gasteiger partial charge in [-0.2, -0.15) is 0 Å². The molecule has 0 radical (unpaired) electrons. The van der Waals surface area contributed by atoms with E-state index in [4.69, 9.17) is 18.9 Å². The Balaban J connectivity index is 1.52. The van der Waals surface area contributed by atoms with Gasteiger partial charge in [-0.05, 0) is 53.6 Å². The topological polar surface area (TPSA) is 78.9 Å². The van der Waals surface area contributed by atoms with E-state index in [1.54, 1.807) is 18.4 Å². The van der Waals surface area contributed by atoms with E-state index in [1.165, 1.54) is 24.5 Å². The third-order valence-electron chi connectivity index (χ3n) is 4.27. The number of methoxy groups -OCH3 is 1. The van der Waals surface area contributed by atoms with Crippen molar-refractivity contribution in [3.63, 3.8) is 0 Å². The lowest BCUT2D eigenvalue weighted by molar-refractivity contribution is -0.117. The summed E-state index contributed by atoms with van der Waals surface area (Å²) in [7, 11) is 1.33. The van der Waals surface area contributed by atoms with Gasteiger partial charge in [0.05, 0.1) is 13.7 Å². The summed E-state index contributed by atoms with van der Waals surface area (Å²) in [5.74, 6) is -0.536. The van der Waals surface area contributed by atoms with Crippen LogP contribution in [0.25, 0.3) is 0 Å². The molecule has 7 nitrogen and oxygen atoms in total. The molecule has 0 saturated carbocycles. The molecule has 0 atom stereocenters. The second-order valence-corrected chi connectivity index (χ2v) is 9.52. The Morgan fingerprint density at radius 3 is 2.84 bits per heavy atom. The van der Waals surface area contributed by atoms with Gasteiger partial charge in [0, 0.05) is 35.3 Å². The first-order valence-electron chi connectivity index (χ1n) is 9.73. The largest absolute Gasteiger partial charge is 0.491 e. The normalized spacial score (nSPS) is 14.4. The smallest absolute Gasteiger partial charge is 0.357 e. The summed E-state index contributed by atoms with van der Waals surface area (Å²) in [5.41, 5.74) is 0.288. The summed E-state index contributed by atoms with van der Waals surface area (Å²) in [6, 6.07) is 4.82. The van der Waals surface area contributed by atoms with Gasteiger partial charge >= 0.3 is 5.97 Å². The number of carbonyl (C=O) groups is 1. The Labute approximate surface area is 198 Å². The summed E-state index contributed by atoms with van der Waals surface area (Å²) < 4.78 is 36.1. The van der Waals surface area contributed by atoms with Crippen LogP contribution in [0.2, 0.25) is 0 Å². The molecule has 1 aromatic carbocycles. The van der Waals surface area contributed by atoms with Crippen LogP contribution in [-0.4, -0.2) is 37.0 Å². The van der Waals surface area contributed by atoms with Crippen molar-refractivity contribution in [3.8, 4) is 5.75 Å². The van der Waals surface area contributed by atoms with Crippen molar-refractivity contribution in [2.45, 2.75) is 38.9 Å². The highest BCUT2D eigenvalue weighted by Gasteiger charge is 2.27. The Morgan fingerprint density at radius 1 is 1.35 bits per heavy atom. The Hall–Kier alpha value is -2.08. The number of carbonyl (C=O) groups excluding carboxylic acids is 1. The van der Waals surface area contributed by atoms with Crippen LogP contribution < -0.4 is 10.1 Å². The van der Waals surface area contributed by atoms with Gasteiger partial charge in [-0.15, -0.1) is 11.3 Å². The maximum atomic E-state index is 13.9. The first-order valence-corrected chi connectivity index (χ1v) is 11.6. The number of nitrogens with one attached hydrogen (secondary N) is 1. The number of anilines is 1. The number of rotatable bonds is 10. The molecule has 1 N–H and O–H groups in total. The lowest BCUT2D eigenvalue weighted by Gasteiger charge is -2.18. The molecule has 0 unspecified atom stereocenters. The van der Waals surface area contributed by atoms with Crippen LogP contribution in [-0.2, 0) is 20.6 Å². The molecule has 0 bridgehead atoms. The molecule has 31 heavy (non-hydrogen) atoms. The van der Waals surface area contributed by atoms with Gasteiger partial charge in [-0.25, -0.2) is 14.2 Å². The van der Waals surface area contributed by atoms with E-state index in [0.29, 0.717) is 37.5 Å². The van der Waals surface area contributed by atoms with Crippen LogP contribution in [0.3, 0.4) is 0 Å². The quantitative estimate of drug-likeness (QED) is 0.245. The average Bonchev–Trinajstić information content (AvgIpc) is 3.28. The molecule has 0 spiro atoms.